The molecule has 1 amide bonds. The zero-order valence-electron chi connectivity index (χ0n) is 10.2. The molecule has 0 saturated heterocycles. The Kier molecular flexibility index (Phi) is 5.24. The van der Waals surface area contributed by atoms with Crippen LogP contribution in [0.15, 0.2) is 18.3 Å². The first-order valence-electron chi connectivity index (χ1n) is 5.62. The maximum Gasteiger partial charge on any atom is 0.269 e. The van der Waals surface area contributed by atoms with E-state index in [-0.39, 0.29) is 29.7 Å². The quantitative estimate of drug-likeness (QED) is 0.740. The summed E-state index contributed by atoms with van der Waals surface area (Å²) in [5.74, 6) is -0.368. The Morgan fingerprint density at radius 2 is 2.17 bits per heavy atom. The number of nitrogens with zero attached hydrogens (tertiary/aromatic N) is 1. The minimum atomic E-state index is -3.06. The highest BCUT2D eigenvalue weighted by molar-refractivity contribution is 7.91. The first-order chi connectivity index (χ1) is 8.48. The van der Waals surface area contributed by atoms with E-state index in [1.54, 1.807) is 19.1 Å². The van der Waals surface area contributed by atoms with Gasteiger partial charge in [-0.25, -0.2) is 8.42 Å². The minimum absolute atomic E-state index is 0.0594. The number of carbonyl (C=O) groups is 1. The average Bonchev–Trinajstić information content (AvgIpc) is 2.38. The summed E-state index contributed by atoms with van der Waals surface area (Å²) in [5.41, 5.74) is 6.50. The second-order valence-electron chi connectivity index (χ2n) is 3.75. The Hall–Kier alpha value is -1.47. The number of aromatic nitrogens is 1. The lowest BCUT2D eigenvalue weighted by molar-refractivity contribution is 0.0951. The highest BCUT2D eigenvalue weighted by atomic mass is 32.2. The van der Waals surface area contributed by atoms with Crippen LogP contribution < -0.4 is 11.1 Å². The molecule has 1 rings (SSSR count). The summed E-state index contributed by atoms with van der Waals surface area (Å²) in [4.78, 5) is 15.6. The Balaban J connectivity index is 2.50. The third kappa shape index (κ3) is 4.42. The molecule has 0 aliphatic carbocycles. The van der Waals surface area contributed by atoms with E-state index in [1.807, 2.05) is 0 Å². The van der Waals surface area contributed by atoms with E-state index in [4.69, 9.17) is 5.73 Å². The van der Waals surface area contributed by atoms with Gasteiger partial charge in [-0.1, -0.05) is 13.0 Å². The van der Waals surface area contributed by atoms with Gasteiger partial charge >= 0.3 is 0 Å². The summed E-state index contributed by atoms with van der Waals surface area (Å²) in [6, 6.07) is 3.27. The fraction of sp³-hybridized carbons (Fsp3) is 0.455. The second-order valence-corrected chi connectivity index (χ2v) is 6.22. The van der Waals surface area contributed by atoms with Gasteiger partial charge in [0.25, 0.3) is 5.91 Å². The van der Waals surface area contributed by atoms with Gasteiger partial charge < -0.3 is 11.1 Å². The van der Waals surface area contributed by atoms with Crippen molar-refractivity contribution in [1.29, 1.82) is 0 Å². The van der Waals surface area contributed by atoms with Gasteiger partial charge in [-0.05, 0) is 11.6 Å². The molecule has 1 heterocycles. The van der Waals surface area contributed by atoms with Crippen molar-refractivity contribution in [2.24, 2.45) is 5.73 Å². The van der Waals surface area contributed by atoms with Gasteiger partial charge in [-0.15, -0.1) is 0 Å². The van der Waals surface area contributed by atoms with Crippen molar-refractivity contribution < 1.29 is 13.2 Å². The summed E-state index contributed by atoms with van der Waals surface area (Å²) in [6.45, 7) is 2.03. The van der Waals surface area contributed by atoms with Crippen LogP contribution in [0.1, 0.15) is 23.0 Å². The predicted octanol–water partition coefficient (Wildman–Crippen LogP) is -0.295. The number of nitrogens with one attached hydrogen (secondary N) is 1. The maximum atomic E-state index is 11.6. The van der Waals surface area contributed by atoms with Gasteiger partial charge in [0.2, 0.25) is 0 Å². The lowest BCUT2D eigenvalue weighted by Crippen LogP contribution is -2.30. The first-order valence-corrected chi connectivity index (χ1v) is 7.44. The van der Waals surface area contributed by atoms with Gasteiger partial charge in [0.15, 0.2) is 9.84 Å². The molecule has 100 valence electrons. The number of carbonyl (C=O) groups excluding carboxylic acids is 1. The molecule has 1 aromatic heterocycles. The second kappa shape index (κ2) is 6.46. The van der Waals surface area contributed by atoms with Crippen molar-refractivity contribution in [2.45, 2.75) is 13.5 Å². The zero-order chi connectivity index (χ0) is 13.6. The van der Waals surface area contributed by atoms with Gasteiger partial charge in [0.05, 0.1) is 5.75 Å². The van der Waals surface area contributed by atoms with Crippen molar-refractivity contribution >= 4 is 15.7 Å². The van der Waals surface area contributed by atoms with Crippen LogP contribution in [0, 0.1) is 0 Å². The average molecular weight is 271 g/mol. The molecule has 7 heteroatoms. The highest BCUT2D eigenvalue weighted by Crippen LogP contribution is 1.99. The Bertz CT molecular complexity index is 497. The van der Waals surface area contributed by atoms with Crippen LogP contribution in [-0.4, -0.2) is 37.4 Å². The summed E-state index contributed by atoms with van der Waals surface area (Å²) in [6.07, 6.45) is 1.53. The van der Waals surface area contributed by atoms with E-state index < -0.39 is 9.84 Å². The number of rotatable bonds is 6. The van der Waals surface area contributed by atoms with E-state index in [9.17, 15) is 13.2 Å². The molecule has 0 saturated carbocycles. The van der Waals surface area contributed by atoms with E-state index in [0.717, 1.165) is 5.56 Å². The van der Waals surface area contributed by atoms with Crippen LogP contribution in [0.4, 0.5) is 0 Å². The number of pyridine rings is 1. The molecule has 0 fully saturated rings. The Labute approximate surface area is 107 Å². The largest absolute Gasteiger partial charge is 0.350 e. The molecule has 0 bridgehead atoms. The van der Waals surface area contributed by atoms with Crippen molar-refractivity contribution in [3.05, 3.63) is 29.6 Å². The normalized spacial score (nSPS) is 11.2. The van der Waals surface area contributed by atoms with Gasteiger partial charge in [0, 0.05) is 25.0 Å². The van der Waals surface area contributed by atoms with E-state index in [1.165, 1.54) is 6.20 Å². The third-order valence-corrected chi connectivity index (χ3v) is 4.14. The fourth-order valence-corrected chi connectivity index (χ4v) is 1.94. The molecule has 0 spiro atoms. The predicted molar refractivity (Wildman–Crippen MR) is 68.8 cm³/mol. The van der Waals surface area contributed by atoms with E-state index in [0.29, 0.717) is 6.54 Å². The van der Waals surface area contributed by atoms with Crippen LogP contribution >= 0.6 is 0 Å². The lowest BCUT2D eigenvalue weighted by atomic mass is 10.2. The molecule has 0 atom stereocenters. The maximum absolute atomic E-state index is 11.6. The number of hydrogen-bond acceptors (Lipinski definition) is 5. The van der Waals surface area contributed by atoms with Crippen molar-refractivity contribution in [1.82, 2.24) is 10.3 Å². The molecule has 0 radical (unpaired) electrons. The van der Waals surface area contributed by atoms with Crippen LogP contribution in [0.2, 0.25) is 0 Å². The van der Waals surface area contributed by atoms with E-state index in [2.05, 4.69) is 10.3 Å². The third-order valence-electron chi connectivity index (χ3n) is 2.43. The van der Waals surface area contributed by atoms with Crippen LogP contribution in [-0.2, 0) is 16.4 Å². The molecule has 0 aliphatic heterocycles. The van der Waals surface area contributed by atoms with Gasteiger partial charge in [-0.2, -0.15) is 0 Å². The van der Waals surface area contributed by atoms with Crippen LogP contribution in [0.25, 0.3) is 0 Å². The summed E-state index contributed by atoms with van der Waals surface area (Å²) >= 11 is 0. The molecule has 6 nitrogen and oxygen atoms in total. The van der Waals surface area contributed by atoms with Crippen molar-refractivity contribution in [2.75, 3.05) is 18.1 Å². The summed E-state index contributed by atoms with van der Waals surface area (Å²) in [7, 11) is -3.06. The number of hydrogen-bond donors (Lipinski definition) is 2. The zero-order valence-corrected chi connectivity index (χ0v) is 11.0. The van der Waals surface area contributed by atoms with Gasteiger partial charge in [0.1, 0.15) is 5.69 Å². The van der Waals surface area contributed by atoms with E-state index >= 15 is 0 Å². The van der Waals surface area contributed by atoms with Crippen LogP contribution in [0.5, 0.6) is 0 Å². The number of nitrogens with two attached hydrogens (primary N) is 1. The molecular weight excluding hydrogens is 254 g/mol. The highest BCUT2D eigenvalue weighted by Gasteiger charge is 2.10. The lowest BCUT2D eigenvalue weighted by Gasteiger charge is -2.05. The standard InChI is InChI=1S/C11H17N3O3S/c1-2-18(16,17)6-5-13-11(15)10-4-3-9(7-12)8-14-10/h3-4,8H,2,5-7,12H2,1H3,(H,13,15). The number of amides is 1. The molecule has 1 aromatic rings. The van der Waals surface area contributed by atoms with Gasteiger partial charge in [-0.3, -0.25) is 9.78 Å². The Morgan fingerprint density at radius 1 is 1.44 bits per heavy atom. The molecule has 3 N–H and O–H groups in total. The Morgan fingerprint density at radius 3 is 2.67 bits per heavy atom. The smallest absolute Gasteiger partial charge is 0.269 e. The van der Waals surface area contributed by atoms with Crippen molar-refractivity contribution in [3.8, 4) is 0 Å². The first kappa shape index (κ1) is 14.6. The van der Waals surface area contributed by atoms with Crippen LogP contribution in [0.3, 0.4) is 0 Å². The SMILES string of the molecule is CCS(=O)(=O)CCNC(=O)c1ccc(CN)cn1. The summed E-state index contributed by atoms with van der Waals surface area (Å²) in [5, 5.41) is 2.52. The molecular formula is C11H17N3O3S. The summed E-state index contributed by atoms with van der Waals surface area (Å²) < 4.78 is 22.4. The molecule has 0 unspecified atom stereocenters. The molecule has 0 aliphatic rings. The minimum Gasteiger partial charge on any atom is -0.350 e. The molecule has 18 heavy (non-hydrogen) atoms. The topological polar surface area (TPSA) is 102 Å². The molecule has 0 aromatic carbocycles. The monoisotopic (exact) mass is 271 g/mol. The fourth-order valence-electron chi connectivity index (χ4n) is 1.23. The number of sulfone groups is 1. The van der Waals surface area contributed by atoms with Crippen molar-refractivity contribution in [3.63, 3.8) is 0 Å².